The number of nitrogens with zero attached hydrogens (tertiary/aromatic N) is 3. The molecule has 2 N–H and O–H groups in total. The lowest BCUT2D eigenvalue weighted by Gasteiger charge is -2.21. The standard InChI is InChI=1S/C23H23N5OS/c1-16-5-7-19(8-6-16)22(21-4-3-13-30-21)27-23(29)26-17(2)18-9-11-20(12-10-18)28-15-24-14-25-28/h3-15,17,22H,1-2H3,(H2,26,27,29). The average molecular weight is 418 g/mol. The van der Waals surface area contributed by atoms with Crippen molar-refractivity contribution < 1.29 is 4.79 Å². The van der Waals surface area contributed by atoms with E-state index >= 15 is 0 Å². The highest BCUT2D eigenvalue weighted by Crippen LogP contribution is 2.26. The summed E-state index contributed by atoms with van der Waals surface area (Å²) in [4.78, 5) is 17.8. The van der Waals surface area contributed by atoms with Gasteiger partial charge in [0.1, 0.15) is 12.7 Å². The van der Waals surface area contributed by atoms with Crippen LogP contribution in [0.1, 0.15) is 40.6 Å². The number of thiophene rings is 1. The molecule has 0 aliphatic carbocycles. The number of carbonyl (C=O) groups excluding carboxylic acids is 1. The molecule has 0 aliphatic heterocycles. The summed E-state index contributed by atoms with van der Waals surface area (Å²) in [7, 11) is 0. The van der Waals surface area contributed by atoms with Crippen LogP contribution in [0, 0.1) is 6.92 Å². The van der Waals surface area contributed by atoms with Gasteiger partial charge < -0.3 is 10.6 Å². The number of hydrogen-bond donors (Lipinski definition) is 2. The molecule has 6 nitrogen and oxygen atoms in total. The van der Waals surface area contributed by atoms with Gasteiger partial charge in [-0.15, -0.1) is 11.3 Å². The fraction of sp³-hybridized carbons (Fsp3) is 0.174. The maximum atomic E-state index is 12.8. The molecule has 0 radical (unpaired) electrons. The van der Waals surface area contributed by atoms with E-state index in [0.29, 0.717) is 0 Å². The minimum absolute atomic E-state index is 0.142. The van der Waals surface area contributed by atoms with Crippen molar-refractivity contribution in [3.8, 4) is 5.69 Å². The summed E-state index contributed by atoms with van der Waals surface area (Å²) >= 11 is 1.63. The normalized spacial score (nSPS) is 12.9. The van der Waals surface area contributed by atoms with Crippen LogP contribution in [0.4, 0.5) is 4.79 Å². The topological polar surface area (TPSA) is 71.8 Å². The Morgan fingerprint density at radius 3 is 2.37 bits per heavy atom. The van der Waals surface area contributed by atoms with Crippen molar-refractivity contribution in [2.75, 3.05) is 0 Å². The first-order valence-corrected chi connectivity index (χ1v) is 10.6. The number of urea groups is 1. The van der Waals surface area contributed by atoms with Crippen LogP contribution in [0.5, 0.6) is 0 Å². The van der Waals surface area contributed by atoms with Gasteiger partial charge in [0, 0.05) is 4.88 Å². The van der Waals surface area contributed by atoms with Gasteiger partial charge in [0.05, 0.1) is 17.8 Å². The summed E-state index contributed by atoms with van der Waals surface area (Å²) in [5.74, 6) is 0. The quantitative estimate of drug-likeness (QED) is 0.474. The highest BCUT2D eigenvalue weighted by atomic mass is 32.1. The number of benzene rings is 2. The lowest BCUT2D eigenvalue weighted by molar-refractivity contribution is 0.236. The first-order valence-electron chi connectivity index (χ1n) is 9.72. The Hall–Kier alpha value is -3.45. The van der Waals surface area contributed by atoms with Crippen molar-refractivity contribution in [1.82, 2.24) is 25.4 Å². The monoisotopic (exact) mass is 417 g/mol. The summed E-state index contributed by atoms with van der Waals surface area (Å²) in [6.07, 6.45) is 3.15. The molecule has 0 saturated carbocycles. The molecule has 2 amide bonds. The molecule has 2 aromatic carbocycles. The highest BCUT2D eigenvalue weighted by molar-refractivity contribution is 7.10. The Balaban J connectivity index is 1.44. The Bertz CT molecular complexity index is 1070. The van der Waals surface area contributed by atoms with Crippen molar-refractivity contribution in [2.45, 2.75) is 25.9 Å². The summed E-state index contributed by atoms with van der Waals surface area (Å²) in [6, 6.07) is 19.6. The smallest absolute Gasteiger partial charge is 0.316 e. The van der Waals surface area contributed by atoms with Crippen LogP contribution in [0.2, 0.25) is 0 Å². The number of nitrogens with one attached hydrogen (secondary N) is 2. The minimum Gasteiger partial charge on any atom is -0.332 e. The first-order chi connectivity index (χ1) is 14.6. The van der Waals surface area contributed by atoms with Crippen LogP contribution in [0.25, 0.3) is 5.69 Å². The van der Waals surface area contributed by atoms with Crippen LogP contribution in [0.3, 0.4) is 0 Å². The number of aryl methyl sites for hydroxylation is 1. The number of amides is 2. The molecule has 4 aromatic rings. The molecular weight excluding hydrogens is 394 g/mol. The largest absolute Gasteiger partial charge is 0.332 e. The van der Waals surface area contributed by atoms with Gasteiger partial charge in [-0.05, 0) is 48.6 Å². The van der Waals surface area contributed by atoms with Crippen LogP contribution in [-0.4, -0.2) is 20.8 Å². The Labute approximate surface area is 179 Å². The first kappa shape index (κ1) is 19.8. The molecule has 30 heavy (non-hydrogen) atoms. The molecule has 2 atom stereocenters. The molecule has 2 unspecified atom stereocenters. The third kappa shape index (κ3) is 4.58. The van der Waals surface area contributed by atoms with Crippen molar-refractivity contribution in [3.05, 3.63) is 100 Å². The van der Waals surface area contributed by atoms with E-state index in [1.54, 1.807) is 22.3 Å². The van der Waals surface area contributed by atoms with Crippen molar-refractivity contribution in [1.29, 1.82) is 0 Å². The van der Waals surface area contributed by atoms with Crippen molar-refractivity contribution in [2.24, 2.45) is 0 Å². The second-order valence-corrected chi connectivity index (χ2v) is 8.11. The van der Waals surface area contributed by atoms with Crippen LogP contribution >= 0.6 is 11.3 Å². The molecule has 0 aliphatic rings. The van der Waals surface area contributed by atoms with E-state index in [2.05, 4.69) is 51.9 Å². The van der Waals surface area contributed by atoms with Crippen LogP contribution in [-0.2, 0) is 0 Å². The number of aromatic nitrogens is 3. The molecule has 2 heterocycles. The fourth-order valence-electron chi connectivity index (χ4n) is 3.24. The molecule has 0 saturated heterocycles. The van der Waals surface area contributed by atoms with E-state index in [1.807, 2.05) is 48.7 Å². The van der Waals surface area contributed by atoms with Crippen molar-refractivity contribution >= 4 is 17.4 Å². The highest BCUT2D eigenvalue weighted by Gasteiger charge is 2.19. The molecule has 152 valence electrons. The van der Waals surface area contributed by atoms with Gasteiger partial charge in [0.2, 0.25) is 0 Å². The average Bonchev–Trinajstić information content (AvgIpc) is 3.47. The zero-order valence-electron chi connectivity index (χ0n) is 16.8. The van der Waals surface area contributed by atoms with Gasteiger partial charge in [-0.1, -0.05) is 48.0 Å². The second-order valence-electron chi connectivity index (χ2n) is 7.13. The van der Waals surface area contributed by atoms with Crippen LogP contribution < -0.4 is 10.6 Å². The predicted octanol–water partition coefficient (Wildman–Crippen LogP) is 4.79. The lowest BCUT2D eigenvalue weighted by Crippen LogP contribution is -2.39. The molecule has 0 spiro atoms. The van der Waals surface area contributed by atoms with Gasteiger partial charge in [-0.25, -0.2) is 14.5 Å². The van der Waals surface area contributed by atoms with Gasteiger partial charge >= 0.3 is 6.03 Å². The van der Waals surface area contributed by atoms with Gasteiger partial charge in [0.15, 0.2) is 0 Å². The number of carbonyl (C=O) groups is 1. The molecule has 0 fully saturated rings. The number of rotatable bonds is 6. The van der Waals surface area contributed by atoms with E-state index in [-0.39, 0.29) is 18.1 Å². The zero-order chi connectivity index (χ0) is 20.9. The summed E-state index contributed by atoms with van der Waals surface area (Å²) in [5.41, 5.74) is 4.18. The third-order valence-electron chi connectivity index (χ3n) is 4.94. The molecule has 0 bridgehead atoms. The number of hydrogen-bond acceptors (Lipinski definition) is 4. The van der Waals surface area contributed by atoms with E-state index in [9.17, 15) is 4.79 Å². The maximum Gasteiger partial charge on any atom is 0.316 e. The summed E-state index contributed by atoms with van der Waals surface area (Å²) in [6.45, 7) is 4.02. The minimum atomic E-state index is -0.207. The van der Waals surface area contributed by atoms with E-state index in [4.69, 9.17) is 0 Å². The van der Waals surface area contributed by atoms with Gasteiger partial charge in [-0.2, -0.15) is 5.10 Å². The molecule has 4 rings (SSSR count). The summed E-state index contributed by atoms with van der Waals surface area (Å²) < 4.78 is 1.70. The Kier molecular flexibility index (Phi) is 5.90. The van der Waals surface area contributed by atoms with Gasteiger partial charge in [0.25, 0.3) is 0 Å². The molecule has 2 aromatic heterocycles. The van der Waals surface area contributed by atoms with E-state index < -0.39 is 0 Å². The molecule has 7 heteroatoms. The SMILES string of the molecule is Cc1ccc(C(NC(=O)NC(C)c2ccc(-n3cncn3)cc2)c2cccs2)cc1. The maximum absolute atomic E-state index is 12.8. The molecular formula is C23H23N5OS. The predicted molar refractivity (Wildman–Crippen MR) is 119 cm³/mol. The Morgan fingerprint density at radius 1 is 1.00 bits per heavy atom. The lowest BCUT2D eigenvalue weighted by atomic mass is 10.0. The summed E-state index contributed by atoms with van der Waals surface area (Å²) in [5, 5.41) is 12.3. The van der Waals surface area contributed by atoms with Gasteiger partial charge in [-0.3, -0.25) is 0 Å². The Morgan fingerprint density at radius 2 is 1.73 bits per heavy atom. The van der Waals surface area contributed by atoms with Crippen LogP contribution in [0.15, 0.2) is 78.7 Å². The third-order valence-corrected chi connectivity index (χ3v) is 5.87. The zero-order valence-corrected chi connectivity index (χ0v) is 17.6. The fourth-order valence-corrected chi connectivity index (χ4v) is 4.05. The van der Waals surface area contributed by atoms with E-state index in [1.165, 1.54) is 11.9 Å². The van der Waals surface area contributed by atoms with Crippen molar-refractivity contribution in [3.63, 3.8) is 0 Å². The second kappa shape index (κ2) is 8.92. The van der Waals surface area contributed by atoms with E-state index in [0.717, 1.165) is 21.7 Å².